The van der Waals surface area contributed by atoms with Crippen molar-refractivity contribution >= 4 is 11.6 Å². The zero-order valence-corrected chi connectivity index (χ0v) is 16.2. The van der Waals surface area contributed by atoms with Crippen molar-refractivity contribution < 1.29 is 9.69 Å². The van der Waals surface area contributed by atoms with Crippen molar-refractivity contribution in [3.05, 3.63) is 64.7 Å². The molecule has 2 N–H and O–H groups in total. The fraction of sp³-hybridized carbons (Fsp3) is 0.381. The standard InChI is InChI=1S/C21H29N3O/c1-15-11-16(2)13-18(12-15)21(25)22-14-20(24(5)6)17-7-9-19(10-8-17)23(3)4/h7-13,20H,14H2,1-6H3,(H,22,25)/p+1/t20-/m1/s1. The highest BCUT2D eigenvalue weighted by Gasteiger charge is 2.19. The van der Waals surface area contributed by atoms with Gasteiger partial charge in [0.25, 0.3) is 5.91 Å². The van der Waals surface area contributed by atoms with Crippen molar-refractivity contribution in [2.45, 2.75) is 19.9 Å². The average molecular weight is 340 g/mol. The molecule has 2 rings (SSSR count). The molecule has 2 aromatic rings. The maximum Gasteiger partial charge on any atom is 0.251 e. The number of hydrogen-bond acceptors (Lipinski definition) is 2. The van der Waals surface area contributed by atoms with Gasteiger partial charge in [0.2, 0.25) is 0 Å². The van der Waals surface area contributed by atoms with Gasteiger partial charge in [-0.2, -0.15) is 0 Å². The van der Waals surface area contributed by atoms with Crippen LogP contribution in [0.25, 0.3) is 0 Å². The summed E-state index contributed by atoms with van der Waals surface area (Å²) in [4.78, 5) is 15.9. The van der Waals surface area contributed by atoms with E-state index in [4.69, 9.17) is 0 Å². The molecular weight excluding hydrogens is 310 g/mol. The van der Waals surface area contributed by atoms with Crippen molar-refractivity contribution in [2.75, 3.05) is 39.6 Å². The van der Waals surface area contributed by atoms with Crippen LogP contribution in [0.15, 0.2) is 42.5 Å². The number of carbonyl (C=O) groups is 1. The van der Waals surface area contributed by atoms with E-state index in [2.05, 4.69) is 54.6 Å². The van der Waals surface area contributed by atoms with Gasteiger partial charge in [-0.25, -0.2) is 0 Å². The Morgan fingerprint density at radius 1 is 1.04 bits per heavy atom. The van der Waals surface area contributed by atoms with Gasteiger partial charge < -0.3 is 15.1 Å². The summed E-state index contributed by atoms with van der Waals surface area (Å²) in [5, 5.41) is 3.10. The van der Waals surface area contributed by atoms with Crippen molar-refractivity contribution in [2.24, 2.45) is 0 Å². The monoisotopic (exact) mass is 340 g/mol. The molecule has 0 saturated heterocycles. The number of rotatable bonds is 6. The molecular formula is C21H30N3O+. The van der Waals surface area contributed by atoms with Crippen LogP contribution in [0.5, 0.6) is 0 Å². The van der Waals surface area contributed by atoms with Crippen LogP contribution in [-0.4, -0.2) is 40.6 Å². The lowest BCUT2D eigenvalue weighted by atomic mass is 10.0. The third-order valence-corrected chi connectivity index (χ3v) is 4.46. The molecule has 0 spiro atoms. The number of anilines is 1. The molecule has 0 radical (unpaired) electrons. The lowest BCUT2D eigenvalue weighted by Crippen LogP contribution is -3.07. The summed E-state index contributed by atoms with van der Waals surface area (Å²) in [6, 6.07) is 14.7. The van der Waals surface area contributed by atoms with Crippen LogP contribution in [-0.2, 0) is 0 Å². The number of benzene rings is 2. The number of hydrogen-bond donors (Lipinski definition) is 2. The van der Waals surface area contributed by atoms with Gasteiger partial charge in [-0.05, 0) is 38.1 Å². The molecule has 134 valence electrons. The predicted molar refractivity (Wildman–Crippen MR) is 105 cm³/mol. The highest BCUT2D eigenvalue weighted by Crippen LogP contribution is 2.16. The predicted octanol–water partition coefficient (Wildman–Crippen LogP) is 1.99. The molecule has 0 saturated carbocycles. The highest BCUT2D eigenvalue weighted by atomic mass is 16.1. The Kier molecular flexibility index (Phi) is 6.21. The largest absolute Gasteiger partial charge is 0.378 e. The summed E-state index contributed by atoms with van der Waals surface area (Å²) in [7, 11) is 8.31. The Labute approximate surface area is 151 Å². The van der Waals surface area contributed by atoms with E-state index < -0.39 is 0 Å². The number of aryl methyl sites for hydroxylation is 2. The van der Waals surface area contributed by atoms with Gasteiger partial charge in [-0.3, -0.25) is 4.79 Å². The van der Waals surface area contributed by atoms with Crippen molar-refractivity contribution in [3.63, 3.8) is 0 Å². The summed E-state index contributed by atoms with van der Waals surface area (Å²) < 4.78 is 0. The van der Waals surface area contributed by atoms with E-state index >= 15 is 0 Å². The normalized spacial score (nSPS) is 12.1. The Morgan fingerprint density at radius 2 is 1.60 bits per heavy atom. The van der Waals surface area contributed by atoms with Gasteiger partial charge in [-0.15, -0.1) is 0 Å². The molecule has 0 unspecified atom stereocenters. The smallest absolute Gasteiger partial charge is 0.251 e. The van der Waals surface area contributed by atoms with Gasteiger partial charge in [0.15, 0.2) is 0 Å². The summed E-state index contributed by atoms with van der Waals surface area (Å²) in [6.45, 7) is 4.64. The molecule has 4 heteroatoms. The average Bonchev–Trinajstić information content (AvgIpc) is 2.54. The van der Waals surface area contributed by atoms with Crippen LogP contribution >= 0.6 is 0 Å². The molecule has 2 aromatic carbocycles. The molecule has 1 amide bonds. The Balaban J connectivity index is 2.10. The van der Waals surface area contributed by atoms with Gasteiger partial charge in [0.1, 0.15) is 6.04 Å². The molecule has 0 aliphatic carbocycles. The van der Waals surface area contributed by atoms with Crippen molar-refractivity contribution in [1.82, 2.24) is 5.32 Å². The second-order valence-corrected chi connectivity index (χ2v) is 7.20. The molecule has 0 fully saturated rings. The number of likely N-dealkylation sites (N-methyl/N-ethyl adjacent to an activating group) is 1. The van der Waals surface area contributed by atoms with Crippen LogP contribution in [0.4, 0.5) is 5.69 Å². The first-order valence-corrected chi connectivity index (χ1v) is 8.71. The van der Waals surface area contributed by atoms with E-state index in [1.807, 2.05) is 40.1 Å². The zero-order chi connectivity index (χ0) is 18.6. The topological polar surface area (TPSA) is 36.8 Å². The second kappa shape index (κ2) is 8.17. The molecule has 1 atom stereocenters. The van der Waals surface area contributed by atoms with E-state index in [0.717, 1.165) is 16.7 Å². The molecule has 0 aliphatic heterocycles. The minimum atomic E-state index is -0.0111. The van der Waals surface area contributed by atoms with Crippen LogP contribution < -0.4 is 15.1 Å². The summed E-state index contributed by atoms with van der Waals surface area (Å²) in [5.74, 6) is -0.0111. The lowest BCUT2D eigenvalue weighted by Gasteiger charge is -2.23. The number of quaternary nitrogens is 1. The fourth-order valence-electron chi connectivity index (χ4n) is 3.06. The van der Waals surface area contributed by atoms with E-state index in [1.54, 1.807) is 0 Å². The van der Waals surface area contributed by atoms with Crippen LogP contribution in [0, 0.1) is 13.8 Å². The van der Waals surface area contributed by atoms with E-state index in [1.165, 1.54) is 16.2 Å². The first-order chi connectivity index (χ1) is 11.8. The number of nitrogens with zero attached hydrogens (tertiary/aromatic N) is 1. The first kappa shape index (κ1) is 19.0. The molecule has 0 heterocycles. The van der Waals surface area contributed by atoms with Crippen LogP contribution in [0.2, 0.25) is 0 Å². The van der Waals surface area contributed by atoms with Gasteiger partial charge in [0.05, 0.1) is 20.6 Å². The van der Waals surface area contributed by atoms with Crippen LogP contribution in [0.1, 0.15) is 33.1 Å². The fourth-order valence-corrected chi connectivity index (χ4v) is 3.06. The molecule has 4 nitrogen and oxygen atoms in total. The Bertz CT molecular complexity index is 700. The van der Waals surface area contributed by atoms with Crippen molar-refractivity contribution in [3.8, 4) is 0 Å². The quantitative estimate of drug-likeness (QED) is 0.844. The van der Waals surface area contributed by atoms with Crippen LogP contribution in [0.3, 0.4) is 0 Å². The molecule has 25 heavy (non-hydrogen) atoms. The minimum absolute atomic E-state index is 0.0111. The Morgan fingerprint density at radius 3 is 2.08 bits per heavy atom. The SMILES string of the molecule is Cc1cc(C)cc(C(=O)NC[C@H](c2ccc(N(C)C)cc2)[NH+](C)C)c1. The number of amides is 1. The third-order valence-electron chi connectivity index (χ3n) is 4.46. The number of nitrogens with one attached hydrogen (secondary N) is 2. The zero-order valence-electron chi connectivity index (χ0n) is 16.2. The maximum absolute atomic E-state index is 12.5. The molecule has 0 bridgehead atoms. The molecule has 0 aliphatic rings. The van der Waals surface area contributed by atoms with Gasteiger partial charge in [0, 0.05) is 30.9 Å². The van der Waals surface area contributed by atoms with Gasteiger partial charge in [-0.1, -0.05) is 29.3 Å². The van der Waals surface area contributed by atoms with E-state index in [0.29, 0.717) is 6.54 Å². The summed E-state index contributed by atoms with van der Waals surface area (Å²) in [5.41, 5.74) is 5.35. The Hall–Kier alpha value is -2.33. The number of carbonyl (C=O) groups excluding carboxylic acids is 1. The highest BCUT2D eigenvalue weighted by molar-refractivity contribution is 5.94. The van der Waals surface area contributed by atoms with E-state index in [-0.39, 0.29) is 11.9 Å². The summed E-state index contributed by atoms with van der Waals surface area (Å²) in [6.07, 6.45) is 0. The van der Waals surface area contributed by atoms with Gasteiger partial charge >= 0.3 is 0 Å². The summed E-state index contributed by atoms with van der Waals surface area (Å²) >= 11 is 0. The molecule has 0 aromatic heterocycles. The lowest BCUT2D eigenvalue weighted by molar-refractivity contribution is -0.890. The van der Waals surface area contributed by atoms with E-state index in [9.17, 15) is 4.79 Å². The second-order valence-electron chi connectivity index (χ2n) is 7.20. The maximum atomic E-state index is 12.5. The van der Waals surface area contributed by atoms with Crippen molar-refractivity contribution in [1.29, 1.82) is 0 Å². The third kappa shape index (κ3) is 5.07. The minimum Gasteiger partial charge on any atom is -0.378 e. The first-order valence-electron chi connectivity index (χ1n) is 8.71.